The van der Waals surface area contributed by atoms with E-state index in [9.17, 15) is 20.4 Å². The highest BCUT2D eigenvalue weighted by Crippen LogP contribution is 2.68. The smallest absolute Gasteiger partial charge is 0.303 e. The Morgan fingerprint density at radius 3 is 2.15 bits per heavy atom. The quantitative estimate of drug-likeness (QED) is 0.364. The van der Waals surface area contributed by atoms with Crippen molar-refractivity contribution in [2.75, 3.05) is 0 Å². The molecule has 33 heavy (non-hydrogen) atoms. The van der Waals surface area contributed by atoms with Crippen molar-refractivity contribution in [2.45, 2.75) is 124 Å². The van der Waals surface area contributed by atoms with Crippen LogP contribution in [0.3, 0.4) is 0 Å². The first kappa shape index (κ1) is 25.9. The van der Waals surface area contributed by atoms with E-state index in [4.69, 9.17) is 0 Å². The summed E-state index contributed by atoms with van der Waals surface area (Å²) in [4.78, 5) is 0. The third kappa shape index (κ3) is 4.56. The van der Waals surface area contributed by atoms with Crippen molar-refractivity contribution in [3.05, 3.63) is 0 Å². The van der Waals surface area contributed by atoms with Crippen LogP contribution in [0.4, 0.5) is 0 Å². The SMILES string of the molecule is CC(C)[C@@H](CC[C@@H](C)[C@H]1CC[C@H]2[C@@H]3CCC4CCCC[C@]4(C)[C@H]3CC[C@]12C)C(O)C(O)(O)O. The van der Waals surface area contributed by atoms with Gasteiger partial charge in [-0.1, -0.05) is 53.9 Å². The number of aliphatic hydroxyl groups is 4. The lowest BCUT2D eigenvalue weighted by molar-refractivity contribution is -0.365. The standard InChI is InChI=1S/C29H52O4/c1-18(2)21(26(30)29(31,32)33)11-9-19(3)23-13-14-24-22-12-10-20-8-6-7-16-27(20,4)25(22)15-17-28(23,24)5/h18-26,30-33H,6-17H2,1-5H3/t19-,20?,21-,22+,23-,24+,25+,26?,27+,28-/m1/s1. The predicted molar refractivity (Wildman–Crippen MR) is 132 cm³/mol. The maximum atomic E-state index is 10.3. The molecule has 4 nitrogen and oxygen atoms in total. The van der Waals surface area contributed by atoms with Gasteiger partial charge in [0, 0.05) is 0 Å². The zero-order chi connectivity index (χ0) is 24.2. The fraction of sp³-hybridized carbons (Fsp3) is 1.00. The lowest BCUT2D eigenvalue weighted by Crippen LogP contribution is -2.53. The third-order valence-electron chi connectivity index (χ3n) is 12.0. The minimum absolute atomic E-state index is 0.0757. The van der Waals surface area contributed by atoms with Crippen molar-refractivity contribution in [3.8, 4) is 0 Å². The van der Waals surface area contributed by atoms with Crippen LogP contribution < -0.4 is 0 Å². The van der Waals surface area contributed by atoms with E-state index in [-0.39, 0.29) is 11.8 Å². The van der Waals surface area contributed by atoms with E-state index in [1.54, 1.807) is 0 Å². The summed E-state index contributed by atoms with van der Waals surface area (Å²) in [7, 11) is 0. The first-order valence-corrected chi connectivity index (χ1v) is 14.2. The van der Waals surface area contributed by atoms with Crippen molar-refractivity contribution < 1.29 is 20.4 Å². The Morgan fingerprint density at radius 1 is 0.788 bits per heavy atom. The van der Waals surface area contributed by atoms with E-state index >= 15 is 0 Å². The molecule has 4 aliphatic carbocycles. The molecule has 0 aromatic rings. The molecule has 0 bridgehead atoms. The van der Waals surface area contributed by atoms with Gasteiger partial charge in [-0.25, -0.2) is 0 Å². The van der Waals surface area contributed by atoms with E-state index < -0.39 is 12.1 Å². The molecule has 4 rings (SSSR count). The van der Waals surface area contributed by atoms with Crippen molar-refractivity contribution >= 4 is 0 Å². The highest BCUT2D eigenvalue weighted by molar-refractivity contribution is 5.09. The largest absolute Gasteiger partial charge is 0.384 e. The molecule has 4 aliphatic rings. The summed E-state index contributed by atoms with van der Waals surface area (Å²) < 4.78 is 0. The maximum Gasteiger partial charge on any atom is 0.303 e. The Balaban J connectivity index is 1.43. The van der Waals surface area contributed by atoms with Gasteiger partial charge in [-0.2, -0.15) is 0 Å². The van der Waals surface area contributed by atoms with E-state index in [1.807, 2.05) is 13.8 Å². The molecular weight excluding hydrogens is 412 g/mol. The number of rotatable bonds is 7. The summed E-state index contributed by atoms with van der Waals surface area (Å²) in [5.74, 6) is 1.71. The van der Waals surface area contributed by atoms with Crippen LogP contribution in [0.5, 0.6) is 0 Å². The van der Waals surface area contributed by atoms with Gasteiger partial charge >= 0.3 is 5.97 Å². The Kier molecular flexibility index (Phi) is 7.36. The molecule has 4 heteroatoms. The Morgan fingerprint density at radius 2 is 1.48 bits per heavy atom. The van der Waals surface area contributed by atoms with Crippen LogP contribution in [-0.4, -0.2) is 32.5 Å². The topological polar surface area (TPSA) is 80.9 Å². The minimum Gasteiger partial charge on any atom is -0.384 e. The summed E-state index contributed by atoms with van der Waals surface area (Å²) in [6, 6.07) is 0. The maximum absolute atomic E-state index is 10.3. The van der Waals surface area contributed by atoms with Crippen molar-refractivity contribution in [1.29, 1.82) is 0 Å². The Labute approximate surface area is 202 Å². The van der Waals surface area contributed by atoms with Crippen molar-refractivity contribution in [1.82, 2.24) is 0 Å². The first-order chi connectivity index (χ1) is 15.4. The second-order valence-electron chi connectivity index (χ2n) is 13.7. The number of hydrogen-bond donors (Lipinski definition) is 4. The molecule has 0 aromatic carbocycles. The molecule has 0 amide bonds. The molecule has 10 atom stereocenters. The van der Waals surface area contributed by atoms with Gasteiger partial charge in [-0.3, -0.25) is 0 Å². The van der Waals surface area contributed by atoms with Crippen LogP contribution in [0, 0.1) is 58.2 Å². The zero-order valence-electron chi connectivity index (χ0n) is 22.0. The van der Waals surface area contributed by atoms with Gasteiger partial charge in [0.25, 0.3) is 0 Å². The molecule has 4 fully saturated rings. The van der Waals surface area contributed by atoms with E-state index in [1.165, 1.54) is 64.2 Å². The summed E-state index contributed by atoms with van der Waals surface area (Å²) in [5, 5.41) is 39.0. The van der Waals surface area contributed by atoms with Crippen LogP contribution in [0.25, 0.3) is 0 Å². The average Bonchev–Trinajstić information content (AvgIpc) is 3.09. The van der Waals surface area contributed by atoms with Gasteiger partial charge < -0.3 is 20.4 Å². The molecule has 2 unspecified atom stereocenters. The van der Waals surface area contributed by atoms with E-state index in [2.05, 4.69) is 20.8 Å². The highest BCUT2D eigenvalue weighted by Gasteiger charge is 2.60. The summed E-state index contributed by atoms with van der Waals surface area (Å²) in [5.41, 5.74) is 1.03. The van der Waals surface area contributed by atoms with Crippen molar-refractivity contribution in [2.24, 2.45) is 58.2 Å². The van der Waals surface area contributed by atoms with Gasteiger partial charge in [0.1, 0.15) is 6.10 Å². The second kappa shape index (κ2) is 9.37. The van der Waals surface area contributed by atoms with Gasteiger partial charge in [0.15, 0.2) is 0 Å². The second-order valence-corrected chi connectivity index (χ2v) is 13.7. The average molecular weight is 465 g/mol. The van der Waals surface area contributed by atoms with Crippen LogP contribution in [0.1, 0.15) is 112 Å². The normalized spacial score (nSPS) is 44.0. The molecule has 0 radical (unpaired) electrons. The number of fused-ring (bicyclic) bond motifs is 5. The first-order valence-electron chi connectivity index (χ1n) is 14.2. The molecule has 192 valence electrons. The zero-order valence-corrected chi connectivity index (χ0v) is 22.0. The van der Waals surface area contributed by atoms with E-state index in [0.29, 0.717) is 29.1 Å². The molecule has 4 saturated carbocycles. The molecule has 4 N–H and O–H groups in total. The molecule has 0 aromatic heterocycles. The van der Waals surface area contributed by atoms with Crippen LogP contribution in [0.2, 0.25) is 0 Å². The Hall–Kier alpha value is -0.160. The highest BCUT2D eigenvalue weighted by atomic mass is 16.7. The molecule has 0 aliphatic heterocycles. The monoisotopic (exact) mass is 464 g/mol. The number of hydrogen-bond acceptors (Lipinski definition) is 4. The minimum atomic E-state index is -3.02. The fourth-order valence-electron chi connectivity index (χ4n) is 10.1. The van der Waals surface area contributed by atoms with Crippen LogP contribution >= 0.6 is 0 Å². The molecule has 0 heterocycles. The van der Waals surface area contributed by atoms with Gasteiger partial charge in [-0.15, -0.1) is 0 Å². The van der Waals surface area contributed by atoms with E-state index in [0.717, 1.165) is 30.1 Å². The van der Waals surface area contributed by atoms with Crippen molar-refractivity contribution in [3.63, 3.8) is 0 Å². The molecule has 0 spiro atoms. The van der Waals surface area contributed by atoms with Gasteiger partial charge in [0.2, 0.25) is 0 Å². The van der Waals surface area contributed by atoms with Gasteiger partial charge in [-0.05, 0) is 116 Å². The molecular formula is C29H52O4. The summed E-state index contributed by atoms with van der Waals surface area (Å²) >= 11 is 0. The lowest BCUT2D eigenvalue weighted by Gasteiger charge is -2.61. The molecule has 0 saturated heterocycles. The number of aliphatic hydroxyl groups excluding tert-OH is 1. The Bertz CT molecular complexity index is 671. The fourth-order valence-corrected chi connectivity index (χ4v) is 10.1. The lowest BCUT2D eigenvalue weighted by atomic mass is 9.44. The van der Waals surface area contributed by atoms with Crippen LogP contribution in [-0.2, 0) is 0 Å². The summed E-state index contributed by atoms with van der Waals surface area (Å²) in [6.45, 7) is 11.6. The predicted octanol–water partition coefficient (Wildman–Crippen LogP) is 5.72. The van der Waals surface area contributed by atoms with Gasteiger partial charge in [0.05, 0.1) is 0 Å². The third-order valence-corrected chi connectivity index (χ3v) is 12.0. The van der Waals surface area contributed by atoms with Crippen LogP contribution in [0.15, 0.2) is 0 Å². The summed E-state index contributed by atoms with van der Waals surface area (Å²) in [6.07, 6.45) is 14.4.